The number of hydrogen-bond donors (Lipinski definition) is 1. The second-order valence-electron chi connectivity index (χ2n) is 12.2. The summed E-state index contributed by atoms with van der Waals surface area (Å²) in [6.07, 6.45) is 0.945. The number of fused-ring (bicyclic) bond motifs is 2. The molecule has 0 saturated carbocycles. The van der Waals surface area contributed by atoms with Crippen molar-refractivity contribution in [3.8, 4) is 11.5 Å². The number of aryl methyl sites for hydroxylation is 1. The Balaban J connectivity index is 1.21. The number of ether oxygens (including phenoxy) is 2. The third-order valence-electron chi connectivity index (χ3n) is 8.93. The summed E-state index contributed by atoms with van der Waals surface area (Å²) in [5.74, 6) is 0.848. The molecule has 4 aromatic rings. The molecule has 0 bridgehead atoms. The standard InChI is InChI=1S/C37H38Cl2N2O4/c1-4-34(25-11-14-31(38)32(39)16-25)44-30-12-9-24(10-13-30)36-22-40(3)19-29-15-27-17-33(37(42)43)41(21-28(27)18-35(29)45-36)20-26-8-6-5-7-23(26)2/h5-16,18,33-34,36H,4,17,19-22H2,1-3H3,(H,42,43)/t33-,34+,36+/m0/s1. The molecule has 0 fully saturated rings. The van der Waals surface area contributed by atoms with Gasteiger partial charge in [0.25, 0.3) is 0 Å². The molecule has 8 heteroatoms. The lowest BCUT2D eigenvalue weighted by Gasteiger charge is -2.35. The van der Waals surface area contributed by atoms with Crippen LogP contribution in [-0.2, 0) is 30.8 Å². The summed E-state index contributed by atoms with van der Waals surface area (Å²) in [4.78, 5) is 16.7. The zero-order chi connectivity index (χ0) is 31.7. The quantitative estimate of drug-likeness (QED) is 0.208. The molecule has 45 heavy (non-hydrogen) atoms. The lowest BCUT2D eigenvalue weighted by atomic mass is 9.91. The number of nitrogens with zero attached hydrogens (tertiary/aromatic N) is 2. The molecular weight excluding hydrogens is 607 g/mol. The van der Waals surface area contributed by atoms with E-state index in [1.165, 1.54) is 5.56 Å². The lowest BCUT2D eigenvalue weighted by molar-refractivity contribution is -0.144. The zero-order valence-electron chi connectivity index (χ0n) is 25.8. The number of hydrogen-bond acceptors (Lipinski definition) is 5. The zero-order valence-corrected chi connectivity index (χ0v) is 27.3. The minimum absolute atomic E-state index is 0.143. The van der Waals surface area contributed by atoms with Gasteiger partial charge in [-0.3, -0.25) is 14.6 Å². The molecular formula is C37H38Cl2N2O4. The van der Waals surface area contributed by atoms with Crippen LogP contribution >= 0.6 is 23.2 Å². The van der Waals surface area contributed by atoms with Crippen LogP contribution in [0, 0.1) is 6.92 Å². The Bertz CT molecular complexity index is 1690. The van der Waals surface area contributed by atoms with Gasteiger partial charge < -0.3 is 14.6 Å². The average Bonchev–Trinajstić information content (AvgIpc) is 3.18. The monoisotopic (exact) mass is 644 g/mol. The third kappa shape index (κ3) is 7.00. The number of likely N-dealkylation sites (N-methyl/N-ethyl adjacent to an activating group) is 1. The average molecular weight is 646 g/mol. The smallest absolute Gasteiger partial charge is 0.321 e. The molecule has 2 aliphatic rings. The summed E-state index contributed by atoms with van der Waals surface area (Å²) in [7, 11) is 2.09. The van der Waals surface area contributed by atoms with Gasteiger partial charge in [-0.1, -0.05) is 78.7 Å². The molecule has 3 atom stereocenters. The molecule has 0 spiro atoms. The van der Waals surface area contributed by atoms with Crippen molar-refractivity contribution < 1.29 is 19.4 Å². The fraction of sp³-hybridized carbons (Fsp3) is 0.324. The molecule has 4 aromatic carbocycles. The largest absolute Gasteiger partial charge is 0.486 e. The highest BCUT2D eigenvalue weighted by Gasteiger charge is 2.33. The number of halogens is 2. The van der Waals surface area contributed by atoms with E-state index in [2.05, 4.69) is 67.1 Å². The van der Waals surface area contributed by atoms with Crippen molar-refractivity contribution in [1.29, 1.82) is 0 Å². The van der Waals surface area contributed by atoms with Crippen molar-refractivity contribution >= 4 is 29.2 Å². The van der Waals surface area contributed by atoms with Gasteiger partial charge in [-0.05, 0) is 90.5 Å². The van der Waals surface area contributed by atoms with Gasteiger partial charge in [0.2, 0.25) is 0 Å². The van der Waals surface area contributed by atoms with E-state index in [9.17, 15) is 9.90 Å². The van der Waals surface area contributed by atoms with Gasteiger partial charge in [0, 0.05) is 31.7 Å². The highest BCUT2D eigenvalue weighted by atomic mass is 35.5. The Kier molecular flexibility index (Phi) is 9.39. The summed E-state index contributed by atoms with van der Waals surface area (Å²) in [5.41, 5.74) is 7.66. The Hall–Kier alpha value is -3.55. The van der Waals surface area contributed by atoms with Crippen LogP contribution in [0.2, 0.25) is 10.0 Å². The minimum atomic E-state index is -0.785. The highest BCUT2D eigenvalue weighted by molar-refractivity contribution is 6.42. The molecule has 234 valence electrons. The highest BCUT2D eigenvalue weighted by Crippen LogP contribution is 2.37. The molecule has 0 amide bonds. The molecule has 2 aliphatic heterocycles. The van der Waals surface area contributed by atoms with Crippen LogP contribution in [0.15, 0.2) is 78.9 Å². The maximum atomic E-state index is 12.3. The summed E-state index contributed by atoms with van der Waals surface area (Å²) in [6, 6.07) is 25.6. The van der Waals surface area contributed by atoms with Crippen LogP contribution in [0.4, 0.5) is 0 Å². The maximum Gasteiger partial charge on any atom is 0.321 e. The number of rotatable bonds is 8. The number of aliphatic carboxylic acids is 1. The fourth-order valence-electron chi connectivity index (χ4n) is 6.40. The minimum Gasteiger partial charge on any atom is -0.486 e. The molecule has 6 rings (SSSR count). The van der Waals surface area contributed by atoms with Gasteiger partial charge >= 0.3 is 5.97 Å². The summed E-state index contributed by atoms with van der Waals surface area (Å²) in [5, 5.41) is 11.2. The van der Waals surface area contributed by atoms with Crippen LogP contribution in [0.3, 0.4) is 0 Å². The van der Waals surface area contributed by atoms with Crippen LogP contribution in [0.1, 0.15) is 64.5 Å². The molecule has 2 heterocycles. The number of carboxylic acids is 1. The van der Waals surface area contributed by atoms with Crippen molar-refractivity contribution in [2.24, 2.45) is 0 Å². The summed E-state index contributed by atoms with van der Waals surface area (Å²) >= 11 is 12.4. The van der Waals surface area contributed by atoms with E-state index in [1.807, 2.05) is 36.4 Å². The lowest BCUT2D eigenvalue weighted by Crippen LogP contribution is -2.45. The van der Waals surface area contributed by atoms with Crippen LogP contribution in [-0.4, -0.2) is 40.5 Å². The molecule has 0 aliphatic carbocycles. The first-order valence-corrected chi connectivity index (χ1v) is 16.2. The predicted octanol–water partition coefficient (Wildman–Crippen LogP) is 8.41. The topological polar surface area (TPSA) is 62.2 Å². The second-order valence-corrected chi connectivity index (χ2v) is 13.0. The van der Waals surface area contributed by atoms with Crippen molar-refractivity contribution in [2.75, 3.05) is 13.6 Å². The molecule has 0 unspecified atom stereocenters. The van der Waals surface area contributed by atoms with E-state index >= 15 is 0 Å². The van der Waals surface area contributed by atoms with Gasteiger partial charge in [0.05, 0.1) is 10.0 Å². The first-order chi connectivity index (χ1) is 21.7. The van der Waals surface area contributed by atoms with E-state index in [1.54, 1.807) is 6.07 Å². The predicted molar refractivity (Wildman–Crippen MR) is 178 cm³/mol. The molecule has 0 saturated heterocycles. The number of carbonyl (C=O) groups is 1. The van der Waals surface area contributed by atoms with E-state index in [0.717, 1.165) is 64.4 Å². The third-order valence-corrected chi connectivity index (χ3v) is 9.67. The van der Waals surface area contributed by atoms with E-state index in [-0.39, 0.29) is 12.2 Å². The molecule has 0 aromatic heterocycles. The fourth-order valence-corrected chi connectivity index (χ4v) is 6.70. The van der Waals surface area contributed by atoms with E-state index < -0.39 is 12.0 Å². The maximum absolute atomic E-state index is 12.3. The van der Waals surface area contributed by atoms with Gasteiger partial charge in [-0.2, -0.15) is 0 Å². The van der Waals surface area contributed by atoms with Crippen LogP contribution < -0.4 is 9.47 Å². The van der Waals surface area contributed by atoms with Crippen molar-refractivity contribution in [1.82, 2.24) is 9.80 Å². The van der Waals surface area contributed by atoms with Gasteiger partial charge in [0.1, 0.15) is 29.7 Å². The van der Waals surface area contributed by atoms with Gasteiger partial charge in [-0.15, -0.1) is 0 Å². The first kappa shape index (κ1) is 31.4. The Morgan fingerprint density at radius 1 is 0.978 bits per heavy atom. The van der Waals surface area contributed by atoms with E-state index in [0.29, 0.717) is 29.6 Å². The SMILES string of the molecule is CC[C@@H](Oc1ccc([C@H]2CN(C)Cc3cc4c(cc3O2)CN(Cc2ccccc2C)[C@H](C(=O)O)C4)cc1)c1ccc(Cl)c(Cl)c1. The summed E-state index contributed by atoms with van der Waals surface area (Å²) in [6.45, 7) is 6.75. The Labute approximate surface area is 275 Å². The van der Waals surface area contributed by atoms with Crippen molar-refractivity contribution in [3.63, 3.8) is 0 Å². The first-order valence-electron chi connectivity index (χ1n) is 15.4. The van der Waals surface area contributed by atoms with Crippen LogP contribution in [0.5, 0.6) is 11.5 Å². The molecule has 0 radical (unpaired) electrons. The van der Waals surface area contributed by atoms with Crippen LogP contribution in [0.25, 0.3) is 0 Å². The Morgan fingerprint density at radius 3 is 2.47 bits per heavy atom. The number of benzene rings is 4. The molecule has 6 nitrogen and oxygen atoms in total. The van der Waals surface area contributed by atoms with Crippen molar-refractivity contribution in [2.45, 2.75) is 64.6 Å². The molecule has 1 N–H and O–H groups in total. The van der Waals surface area contributed by atoms with Crippen molar-refractivity contribution in [3.05, 3.63) is 128 Å². The summed E-state index contributed by atoms with van der Waals surface area (Å²) < 4.78 is 13.1. The Morgan fingerprint density at radius 2 is 1.76 bits per heavy atom. The normalized spacial score (nSPS) is 19.1. The van der Waals surface area contributed by atoms with Gasteiger partial charge in [-0.25, -0.2) is 0 Å². The number of carboxylic acid groups (broad SMARTS) is 1. The van der Waals surface area contributed by atoms with E-state index in [4.69, 9.17) is 32.7 Å². The van der Waals surface area contributed by atoms with Gasteiger partial charge in [0.15, 0.2) is 0 Å². The second kappa shape index (κ2) is 13.4.